The van der Waals surface area contributed by atoms with Crippen molar-refractivity contribution in [2.75, 3.05) is 25.4 Å². The number of carbonyl (C=O) groups excluding carboxylic acids is 1. The molecule has 1 unspecified atom stereocenters. The second-order valence-electron chi connectivity index (χ2n) is 4.64. The fraction of sp³-hybridized carbons (Fsp3) is 0.909. The SMILES string of the molecule is NC(=O)N1CCC(NCC2CCCS2)CC1. The van der Waals surface area contributed by atoms with Crippen molar-refractivity contribution < 1.29 is 4.79 Å². The Kier molecular flexibility index (Phi) is 4.35. The molecule has 2 rings (SSSR count). The first-order valence-corrected chi connectivity index (χ1v) is 7.20. The third-order valence-electron chi connectivity index (χ3n) is 3.46. The van der Waals surface area contributed by atoms with E-state index < -0.39 is 0 Å². The van der Waals surface area contributed by atoms with Crippen LogP contribution in [0.15, 0.2) is 0 Å². The molecule has 1 atom stereocenters. The van der Waals surface area contributed by atoms with Gasteiger partial charge in [0, 0.05) is 30.9 Å². The van der Waals surface area contributed by atoms with E-state index in [-0.39, 0.29) is 6.03 Å². The van der Waals surface area contributed by atoms with Crippen LogP contribution in [0, 0.1) is 0 Å². The number of primary amides is 1. The average Bonchev–Trinajstić information content (AvgIpc) is 2.80. The van der Waals surface area contributed by atoms with Gasteiger partial charge in [0.05, 0.1) is 0 Å². The highest BCUT2D eigenvalue weighted by Crippen LogP contribution is 2.25. The fourth-order valence-corrected chi connectivity index (χ4v) is 3.62. The molecule has 2 aliphatic heterocycles. The number of amides is 2. The Labute approximate surface area is 101 Å². The Morgan fingerprint density at radius 3 is 2.69 bits per heavy atom. The van der Waals surface area contributed by atoms with Gasteiger partial charge in [-0.2, -0.15) is 11.8 Å². The highest BCUT2D eigenvalue weighted by molar-refractivity contribution is 8.00. The Morgan fingerprint density at radius 1 is 1.38 bits per heavy atom. The lowest BCUT2D eigenvalue weighted by Crippen LogP contribution is -2.47. The Hall–Kier alpha value is -0.420. The molecule has 0 aromatic rings. The first-order chi connectivity index (χ1) is 7.75. The summed E-state index contributed by atoms with van der Waals surface area (Å²) in [4.78, 5) is 12.7. The molecule has 0 aliphatic carbocycles. The first kappa shape index (κ1) is 12.0. The van der Waals surface area contributed by atoms with E-state index in [0.29, 0.717) is 6.04 Å². The molecule has 92 valence electrons. The molecule has 2 fully saturated rings. The average molecular weight is 243 g/mol. The zero-order valence-corrected chi connectivity index (χ0v) is 10.5. The van der Waals surface area contributed by atoms with E-state index >= 15 is 0 Å². The lowest BCUT2D eigenvalue weighted by Gasteiger charge is -2.31. The first-order valence-electron chi connectivity index (χ1n) is 6.15. The Morgan fingerprint density at radius 2 is 2.12 bits per heavy atom. The number of nitrogens with one attached hydrogen (secondary N) is 1. The monoisotopic (exact) mass is 243 g/mol. The molecule has 2 aliphatic rings. The number of nitrogens with zero attached hydrogens (tertiary/aromatic N) is 1. The number of rotatable bonds is 3. The molecule has 0 aromatic heterocycles. The van der Waals surface area contributed by atoms with E-state index in [1.807, 2.05) is 0 Å². The third-order valence-corrected chi connectivity index (χ3v) is 4.86. The second-order valence-corrected chi connectivity index (χ2v) is 6.05. The van der Waals surface area contributed by atoms with Gasteiger partial charge in [-0.3, -0.25) is 0 Å². The lowest BCUT2D eigenvalue weighted by molar-refractivity contribution is 0.185. The molecule has 0 saturated carbocycles. The Balaban J connectivity index is 1.63. The fourth-order valence-electron chi connectivity index (χ4n) is 2.41. The van der Waals surface area contributed by atoms with Gasteiger partial charge >= 0.3 is 6.03 Å². The zero-order chi connectivity index (χ0) is 11.4. The minimum absolute atomic E-state index is 0.273. The summed E-state index contributed by atoms with van der Waals surface area (Å²) in [5.41, 5.74) is 5.25. The number of thioether (sulfide) groups is 1. The van der Waals surface area contributed by atoms with E-state index in [9.17, 15) is 4.79 Å². The molecule has 16 heavy (non-hydrogen) atoms. The summed E-state index contributed by atoms with van der Waals surface area (Å²) in [6.45, 7) is 2.75. The highest BCUT2D eigenvalue weighted by atomic mass is 32.2. The maximum absolute atomic E-state index is 11.0. The van der Waals surface area contributed by atoms with Crippen molar-refractivity contribution in [3.8, 4) is 0 Å². The van der Waals surface area contributed by atoms with Crippen molar-refractivity contribution >= 4 is 17.8 Å². The summed E-state index contributed by atoms with van der Waals surface area (Å²) in [5, 5.41) is 4.44. The van der Waals surface area contributed by atoms with Crippen LogP contribution in [0.4, 0.5) is 4.79 Å². The van der Waals surface area contributed by atoms with Crippen molar-refractivity contribution in [2.45, 2.75) is 37.0 Å². The molecule has 0 radical (unpaired) electrons. The van der Waals surface area contributed by atoms with Gasteiger partial charge in [0.1, 0.15) is 0 Å². The van der Waals surface area contributed by atoms with Crippen LogP contribution in [0.25, 0.3) is 0 Å². The van der Waals surface area contributed by atoms with Crippen LogP contribution in [0.1, 0.15) is 25.7 Å². The number of piperidine rings is 1. The van der Waals surface area contributed by atoms with Crippen LogP contribution in [0.2, 0.25) is 0 Å². The van der Waals surface area contributed by atoms with Crippen LogP contribution >= 0.6 is 11.8 Å². The van der Waals surface area contributed by atoms with Gasteiger partial charge in [-0.15, -0.1) is 0 Å². The molecule has 0 spiro atoms. The molecule has 2 amide bonds. The molecule has 4 nitrogen and oxygen atoms in total. The summed E-state index contributed by atoms with van der Waals surface area (Å²) in [5.74, 6) is 1.33. The van der Waals surface area contributed by atoms with Crippen molar-refractivity contribution in [2.24, 2.45) is 5.73 Å². The molecule has 5 heteroatoms. The van der Waals surface area contributed by atoms with Gasteiger partial charge in [0.25, 0.3) is 0 Å². The molecular weight excluding hydrogens is 222 g/mol. The summed E-state index contributed by atoms with van der Waals surface area (Å²) in [7, 11) is 0. The maximum atomic E-state index is 11.0. The van der Waals surface area contributed by atoms with Crippen molar-refractivity contribution in [3.63, 3.8) is 0 Å². The molecule has 0 aromatic carbocycles. The number of hydrogen-bond acceptors (Lipinski definition) is 3. The highest BCUT2D eigenvalue weighted by Gasteiger charge is 2.22. The maximum Gasteiger partial charge on any atom is 0.314 e. The van der Waals surface area contributed by atoms with E-state index in [2.05, 4.69) is 17.1 Å². The second kappa shape index (κ2) is 5.77. The van der Waals surface area contributed by atoms with Crippen LogP contribution < -0.4 is 11.1 Å². The standard InChI is InChI=1S/C11H21N3OS/c12-11(15)14-5-3-9(4-6-14)13-8-10-2-1-7-16-10/h9-10,13H,1-8H2,(H2,12,15). The number of urea groups is 1. The van der Waals surface area contributed by atoms with Crippen LogP contribution in [-0.4, -0.2) is 47.6 Å². The van der Waals surface area contributed by atoms with Gasteiger partial charge in [0.15, 0.2) is 0 Å². The summed E-state index contributed by atoms with van der Waals surface area (Å²) >= 11 is 2.09. The van der Waals surface area contributed by atoms with Crippen LogP contribution in [-0.2, 0) is 0 Å². The van der Waals surface area contributed by atoms with E-state index in [0.717, 1.165) is 37.7 Å². The third kappa shape index (κ3) is 3.28. The minimum atomic E-state index is -0.273. The quantitative estimate of drug-likeness (QED) is 0.778. The molecule has 2 saturated heterocycles. The minimum Gasteiger partial charge on any atom is -0.351 e. The van der Waals surface area contributed by atoms with Crippen LogP contribution in [0.5, 0.6) is 0 Å². The van der Waals surface area contributed by atoms with Crippen LogP contribution in [0.3, 0.4) is 0 Å². The van der Waals surface area contributed by atoms with E-state index in [4.69, 9.17) is 5.73 Å². The van der Waals surface area contributed by atoms with E-state index in [1.165, 1.54) is 18.6 Å². The lowest BCUT2D eigenvalue weighted by atomic mass is 10.1. The van der Waals surface area contributed by atoms with Gasteiger partial charge < -0.3 is 16.0 Å². The molecule has 2 heterocycles. The van der Waals surface area contributed by atoms with Gasteiger partial charge in [-0.1, -0.05) is 0 Å². The Bertz CT molecular complexity index is 235. The predicted molar refractivity (Wildman–Crippen MR) is 67.7 cm³/mol. The normalized spacial score (nSPS) is 27.2. The smallest absolute Gasteiger partial charge is 0.314 e. The summed E-state index contributed by atoms with van der Waals surface area (Å²) in [6.07, 6.45) is 4.82. The number of nitrogens with two attached hydrogens (primary N) is 1. The van der Waals surface area contributed by atoms with Gasteiger partial charge in [-0.05, 0) is 31.4 Å². The number of hydrogen-bond donors (Lipinski definition) is 2. The van der Waals surface area contributed by atoms with Crippen molar-refractivity contribution in [3.05, 3.63) is 0 Å². The molecular formula is C11H21N3OS. The number of carbonyl (C=O) groups is 1. The largest absolute Gasteiger partial charge is 0.351 e. The molecule has 3 N–H and O–H groups in total. The zero-order valence-electron chi connectivity index (χ0n) is 9.65. The van der Waals surface area contributed by atoms with Crippen molar-refractivity contribution in [1.82, 2.24) is 10.2 Å². The molecule has 0 bridgehead atoms. The number of likely N-dealkylation sites (tertiary alicyclic amines) is 1. The topological polar surface area (TPSA) is 58.4 Å². The van der Waals surface area contributed by atoms with E-state index in [1.54, 1.807) is 4.90 Å². The summed E-state index contributed by atoms with van der Waals surface area (Å²) < 4.78 is 0. The summed E-state index contributed by atoms with van der Waals surface area (Å²) in [6, 6.07) is 0.307. The predicted octanol–water partition coefficient (Wildman–Crippen LogP) is 1.01. The van der Waals surface area contributed by atoms with Gasteiger partial charge in [-0.25, -0.2) is 4.79 Å². The van der Waals surface area contributed by atoms with Crippen molar-refractivity contribution in [1.29, 1.82) is 0 Å². The van der Waals surface area contributed by atoms with Gasteiger partial charge in [0.2, 0.25) is 0 Å².